The lowest BCUT2D eigenvalue weighted by Crippen LogP contribution is -2.49. The van der Waals surface area contributed by atoms with Crippen molar-refractivity contribution in [1.82, 2.24) is 5.32 Å². The molecule has 0 unspecified atom stereocenters. The highest BCUT2D eigenvalue weighted by atomic mass is 35.5. The number of halogens is 1. The highest BCUT2D eigenvalue weighted by Gasteiger charge is 2.28. The lowest BCUT2D eigenvalue weighted by Gasteiger charge is -2.32. The van der Waals surface area contributed by atoms with Gasteiger partial charge in [-0.05, 0) is 61.9 Å². The summed E-state index contributed by atoms with van der Waals surface area (Å²) in [4.78, 5) is 0. The van der Waals surface area contributed by atoms with Gasteiger partial charge < -0.3 is 14.8 Å². The summed E-state index contributed by atoms with van der Waals surface area (Å²) < 4.78 is 12.3. The molecule has 1 N–H and O–H groups in total. The van der Waals surface area contributed by atoms with Crippen LogP contribution in [-0.4, -0.2) is 25.3 Å². The van der Waals surface area contributed by atoms with E-state index >= 15 is 0 Å². The minimum absolute atomic E-state index is 0.0253. The number of ether oxygens (including phenoxy) is 2. The van der Waals surface area contributed by atoms with E-state index in [1.807, 2.05) is 30.3 Å². The zero-order chi connectivity index (χ0) is 16.2. The van der Waals surface area contributed by atoms with Crippen molar-refractivity contribution >= 4 is 11.6 Å². The van der Waals surface area contributed by atoms with Crippen LogP contribution in [0.4, 0.5) is 0 Å². The molecule has 0 saturated carbocycles. The molecule has 2 aromatic carbocycles. The molecular weight excluding hydrogens is 310 g/mol. The monoisotopic (exact) mass is 331 g/mol. The minimum atomic E-state index is -0.0381. The van der Waals surface area contributed by atoms with Crippen LogP contribution < -0.4 is 14.8 Å². The molecule has 0 aromatic heterocycles. The van der Waals surface area contributed by atoms with Crippen LogP contribution in [0.15, 0.2) is 42.5 Å². The molecule has 122 valence electrons. The van der Waals surface area contributed by atoms with E-state index in [1.165, 1.54) is 11.1 Å². The Bertz CT molecular complexity index is 674. The molecule has 1 heterocycles. The number of piperidine rings is 1. The van der Waals surface area contributed by atoms with E-state index in [-0.39, 0.29) is 12.2 Å². The Morgan fingerprint density at radius 1 is 0.957 bits per heavy atom. The van der Waals surface area contributed by atoms with Crippen molar-refractivity contribution in [1.29, 1.82) is 0 Å². The molecular formula is C19H22ClNO2. The van der Waals surface area contributed by atoms with Crippen LogP contribution in [0, 0.1) is 13.8 Å². The molecule has 0 radical (unpaired) electrons. The van der Waals surface area contributed by atoms with Gasteiger partial charge in [0.2, 0.25) is 0 Å². The summed E-state index contributed by atoms with van der Waals surface area (Å²) in [6, 6.07) is 13.7. The first-order valence-corrected chi connectivity index (χ1v) is 8.36. The Labute approximate surface area is 142 Å². The van der Waals surface area contributed by atoms with Gasteiger partial charge in [-0.3, -0.25) is 0 Å². The fraction of sp³-hybridized carbons (Fsp3) is 0.368. The van der Waals surface area contributed by atoms with Crippen molar-refractivity contribution in [3.63, 3.8) is 0 Å². The maximum Gasteiger partial charge on any atom is 0.148 e. The average Bonchev–Trinajstić information content (AvgIpc) is 2.53. The predicted octanol–water partition coefficient (Wildman–Crippen LogP) is 4.15. The van der Waals surface area contributed by atoms with Crippen molar-refractivity contribution < 1.29 is 9.47 Å². The quantitative estimate of drug-likeness (QED) is 0.913. The molecule has 4 heteroatoms. The first-order valence-electron chi connectivity index (χ1n) is 7.98. The molecule has 0 aliphatic carbocycles. The van der Waals surface area contributed by atoms with Crippen LogP contribution in [-0.2, 0) is 0 Å². The summed E-state index contributed by atoms with van der Waals surface area (Å²) in [6.45, 7) is 5.91. The number of hydrogen-bond donors (Lipinski definition) is 1. The molecule has 1 fully saturated rings. The molecule has 23 heavy (non-hydrogen) atoms. The van der Waals surface area contributed by atoms with E-state index in [0.717, 1.165) is 31.0 Å². The maximum atomic E-state index is 6.21. The second kappa shape index (κ2) is 7.24. The summed E-state index contributed by atoms with van der Waals surface area (Å²) in [5, 5.41) is 4.05. The van der Waals surface area contributed by atoms with E-state index < -0.39 is 0 Å². The highest BCUT2D eigenvalue weighted by Crippen LogP contribution is 2.24. The fourth-order valence-corrected chi connectivity index (χ4v) is 2.92. The number of benzene rings is 2. The van der Waals surface area contributed by atoms with Crippen molar-refractivity contribution in [3.05, 3.63) is 58.6 Å². The predicted molar refractivity (Wildman–Crippen MR) is 93.7 cm³/mol. The summed E-state index contributed by atoms with van der Waals surface area (Å²) in [6.07, 6.45) is 0.902. The standard InChI is InChI=1S/C19H22ClNO2/c1-13-6-7-17(10-14(13)2)22-18-8-9-21-12-19(18)23-16-5-3-4-15(20)11-16/h3-7,10-11,18-19,21H,8-9,12H2,1-2H3/t18-,19-/m0/s1. The smallest absolute Gasteiger partial charge is 0.148 e. The number of hydrogen-bond acceptors (Lipinski definition) is 3. The van der Waals surface area contributed by atoms with E-state index in [4.69, 9.17) is 21.1 Å². The zero-order valence-electron chi connectivity index (χ0n) is 13.5. The largest absolute Gasteiger partial charge is 0.486 e. The van der Waals surface area contributed by atoms with Crippen molar-refractivity contribution in [2.45, 2.75) is 32.5 Å². The molecule has 1 aliphatic rings. The number of rotatable bonds is 4. The SMILES string of the molecule is Cc1ccc(O[C@H]2CCNC[C@@H]2Oc2cccc(Cl)c2)cc1C. The summed E-state index contributed by atoms with van der Waals surface area (Å²) in [5.41, 5.74) is 2.51. The molecule has 0 spiro atoms. The molecule has 0 bridgehead atoms. The lowest BCUT2D eigenvalue weighted by atomic mass is 10.1. The van der Waals surface area contributed by atoms with Gasteiger partial charge in [0, 0.05) is 18.0 Å². The second-order valence-corrected chi connectivity index (χ2v) is 6.45. The zero-order valence-corrected chi connectivity index (χ0v) is 14.3. The van der Waals surface area contributed by atoms with Crippen molar-refractivity contribution in [2.24, 2.45) is 0 Å². The minimum Gasteiger partial charge on any atom is -0.486 e. The number of nitrogens with one attached hydrogen (secondary N) is 1. The van der Waals surface area contributed by atoms with Crippen molar-refractivity contribution in [3.8, 4) is 11.5 Å². The topological polar surface area (TPSA) is 30.5 Å². The third-order valence-electron chi connectivity index (χ3n) is 4.22. The maximum absolute atomic E-state index is 6.21. The second-order valence-electron chi connectivity index (χ2n) is 6.01. The fourth-order valence-electron chi connectivity index (χ4n) is 2.74. The van der Waals surface area contributed by atoms with Gasteiger partial charge in [0.05, 0.1) is 0 Å². The van der Waals surface area contributed by atoms with Crippen LogP contribution in [0.1, 0.15) is 17.5 Å². The molecule has 1 saturated heterocycles. The van der Waals surface area contributed by atoms with Crippen LogP contribution in [0.2, 0.25) is 5.02 Å². The average molecular weight is 332 g/mol. The third-order valence-corrected chi connectivity index (χ3v) is 4.45. The van der Waals surface area contributed by atoms with E-state index in [1.54, 1.807) is 0 Å². The summed E-state index contributed by atoms with van der Waals surface area (Å²) in [7, 11) is 0. The Morgan fingerprint density at radius 3 is 2.52 bits per heavy atom. The van der Waals surface area contributed by atoms with Crippen LogP contribution in [0.25, 0.3) is 0 Å². The van der Waals surface area contributed by atoms with Gasteiger partial charge in [-0.15, -0.1) is 0 Å². The molecule has 2 aromatic rings. The molecule has 2 atom stereocenters. The first-order chi connectivity index (χ1) is 11.1. The molecule has 1 aliphatic heterocycles. The van der Waals surface area contributed by atoms with Crippen LogP contribution in [0.5, 0.6) is 11.5 Å². The Balaban J connectivity index is 1.72. The van der Waals surface area contributed by atoms with Gasteiger partial charge in [0.1, 0.15) is 23.7 Å². The van der Waals surface area contributed by atoms with Gasteiger partial charge in [0.15, 0.2) is 0 Å². The van der Waals surface area contributed by atoms with Crippen LogP contribution in [0.3, 0.4) is 0 Å². The van der Waals surface area contributed by atoms with Gasteiger partial charge >= 0.3 is 0 Å². The van der Waals surface area contributed by atoms with Crippen molar-refractivity contribution in [2.75, 3.05) is 13.1 Å². The first kappa shape index (κ1) is 16.2. The van der Waals surface area contributed by atoms with Gasteiger partial charge in [-0.1, -0.05) is 23.7 Å². The van der Waals surface area contributed by atoms with E-state index in [0.29, 0.717) is 5.02 Å². The highest BCUT2D eigenvalue weighted by molar-refractivity contribution is 6.30. The third kappa shape index (κ3) is 4.18. The van der Waals surface area contributed by atoms with Gasteiger partial charge in [0.25, 0.3) is 0 Å². The Hall–Kier alpha value is -1.71. The van der Waals surface area contributed by atoms with E-state index in [2.05, 4.69) is 31.3 Å². The number of aryl methyl sites for hydroxylation is 2. The molecule has 3 nitrogen and oxygen atoms in total. The lowest BCUT2D eigenvalue weighted by molar-refractivity contribution is 0.0324. The molecule has 3 rings (SSSR count). The molecule has 0 amide bonds. The van der Waals surface area contributed by atoms with Gasteiger partial charge in [-0.25, -0.2) is 0 Å². The van der Waals surface area contributed by atoms with Crippen LogP contribution >= 0.6 is 11.6 Å². The Kier molecular flexibility index (Phi) is 5.09. The summed E-state index contributed by atoms with van der Waals surface area (Å²) >= 11 is 6.03. The van der Waals surface area contributed by atoms with E-state index in [9.17, 15) is 0 Å². The summed E-state index contributed by atoms with van der Waals surface area (Å²) in [5.74, 6) is 1.68. The van der Waals surface area contributed by atoms with Gasteiger partial charge in [-0.2, -0.15) is 0 Å². The normalized spacial score (nSPS) is 21.0. The Morgan fingerprint density at radius 2 is 1.74 bits per heavy atom.